The molecule has 0 radical (unpaired) electrons. The van der Waals surface area contributed by atoms with Gasteiger partial charge < -0.3 is 10.3 Å². The minimum absolute atomic E-state index is 0.0135. The van der Waals surface area contributed by atoms with Crippen LogP contribution in [0.4, 0.5) is 0 Å². The summed E-state index contributed by atoms with van der Waals surface area (Å²) in [6, 6.07) is 21.0. The Morgan fingerprint density at radius 3 is 2.78 bits per heavy atom. The van der Waals surface area contributed by atoms with E-state index in [1.165, 1.54) is 15.0 Å². The third-order valence-corrected chi connectivity index (χ3v) is 5.97. The first-order chi connectivity index (χ1) is 13.3. The number of hydrogen-bond donors (Lipinski definition) is 2. The van der Waals surface area contributed by atoms with E-state index in [9.17, 15) is 4.79 Å². The van der Waals surface area contributed by atoms with Crippen LogP contribution in [0, 0.1) is 0 Å². The van der Waals surface area contributed by atoms with Crippen LogP contribution in [0.25, 0.3) is 33.5 Å². The molecule has 0 bridgehead atoms. The van der Waals surface area contributed by atoms with Gasteiger partial charge >= 0.3 is 0 Å². The van der Waals surface area contributed by atoms with Gasteiger partial charge in [0.1, 0.15) is 0 Å². The summed E-state index contributed by atoms with van der Waals surface area (Å²) in [7, 11) is 0. The standard InChI is InChI=1S/C23H18N2OS/c26-23-19-14-21(25-20(19)10-11-24-23)16-6-3-4-15(12-16)8-9-18-13-17-5-1-2-7-22(17)27-18/h1-9,12-14,25H,10-11H2,(H,24,26). The van der Waals surface area contributed by atoms with Crippen LogP contribution in [-0.4, -0.2) is 17.4 Å². The summed E-state index contributed by atoms with van der Waals surface area (Å²) in [6.07, 6.45) is 5.16. The van der Waals surface area contributed by atoms with Gasteiger partial charge in [-0.1, -0.05) is 42.5 Å². The Kier molecular flexibility index (Phi) is 3.91. The molecule has 132 valence electrons. The fourth-order valence-electron chi connectivity index (χ4n) is 3.52. The highest BCUT2D eigenvalue weighted by Crippen LogP contribution is 2.28. The number of aromatic nitrogens is 1. The van der Waals surface area contributed by atoms with Crippen LogP contribution in [-0.2, 0) is 6.42 Å². The molecule has 5 rings (SSSR count). The number of hydrogen-bond acceptors (Lipinski definition) is 2. The van der Waals surface area contributed by atoms with Gasteiger partial charge in [0.05, 0.1) is 5.56 Å². The Balaban J connectivity index is 1.44. The molecule has 0 aliphatic carbocycles. The molecule has 0 spiro atoms. The molecule has 0 saturated carbocycles. The molecular weight excluding hydrogens is 352 g/mol. The van der Waals surface area contributed by atoms with Gasteiger partial charge in [0.25, 0.3) is 5.91 Å². The smallest absolute Gasteiger partial charge is 0.253 e. The van der Waals surface area contributed by atoms with Crippen molar-refractivity contribution in [3.05, 3.63) is 82.4 Å². The van der Waals surface area contributed by atoms with Gasteiger partial charge in [-0.05, 0) is 46.9 Å². The third-order valence-electron chi connectivity index (χ3n) is 4.89. The summed E-state index contributed by atoms with van der Waals surface area (Å²) < 4.78 is 1.31. The minimum atomic E-state index is 0.0135. The first kappa shape index (κ1) is 16.1. The molecule has 1 aliphatic rings. The van der Waals surface area contributed by atoms with E-state index in [0.29, 0.717) is 6.54 Å². The van der Waals surface area contributed by atoms with Crippen molar-refractivity contribution in [2.24, 2.45) is 0 Å². The molecule has 4 aromatic rings. The van der Waals surface area contributed by atoms with E-state index in [-0.39, 0.29) is 5.91 Å². The predicted octanol–water partition coefficient (Wildman–Crippen LogP) is 5.35. The van der Waals surface area contributed by atoms with E-state index in [4.69, 9.17) is 0 Å². The molecule has 0 saturated heterocycles. The lowest BCUT2D eigenvalue weighted by Gasteiger charge is -2.10. The highest BCUT2D eigenvalue weighted by Gasteiger charge is 2.19. The maximum atomic E-state index is 12.0. The molecule has 0 atom stereocenters. The quantitative estimate of drug-likeness (QED) is 0.501. The average Bonchev–Trinajstić information content (AvgIpc) is 3.31. The SMILES string of the molecule is O=C1NCCc2[nH]c(-c3cccc(C=Cc4cc5ccccc5s4)c3)cc21. The van der Waals surface area contributed by atoms with Crippen molar-refractivity contribution >= 4 is 39.5 Å². The lowest BCUT2D eigenvalue weighted by Crippen LogP contribution is -2.31. The van der Waals surface area contributed by atoms with Crippen LogP contribution in [0.3, 0.4) is 0 Å². The number of aromatic amines is 1. The number of thiophene rings is 1. The molecule has 0 unspecified atom stereocenters. The van der Waals surface area contributed by atoms with Crippen LogP contribution in [0.5, 0.6) is 0 Å². The second-order valence-corrected chi connectivity index (χ2v) is 7.84. The number of rotatable bonds is 3. The van der Waals surface area contributed by atoms with Gasteiger partial charge in [-0.3, -0.25) is 4.79 Å². The van der Waals surface area contributed by atoms with Crippen molar-refractivity contribution in [2.75, 3.05) is 6.54 Å². The van der Waals surface area contributed by atoms with Gasteiger partial charge in [-0.2, -0.15) is 0 Å². The predicted molar refractivity (Wildman–Crippen MR) is 113 cm³/mol. The number of fused-ring (bicyclic) bond motifs is 2. The van der Waals surface area contributed by atoms with Crippen molar-refractivity contribution in [2.45, 2.75) is 6.42 Å². The number of carbonyl (C=O) groups is 1. The summed E-state index contributed by atoms with van der Waals surface area (Å²) in [4.78, 5) is 16.6. The zero-order chi connectivity index (χ0) is 18.2. The molecule has 2 N–H and O–H groups in total. The molecule has 1 aliphatic heterocycles. The van der Waals surface area contributed by atoms with Crippen molar-refractivity contribution in [3.63, 3.8) is 0 Å². The Labute approximate surface area is 161 Å². The molecule has 4 heteroatoms. The first-order valence-electron chi connectivity index (χ1n) is 9.03. The molecule has 2 aromatic carbocycles. The largest absolute Gasteiger partial charge is 0.358 e. The maximum absolute atomic E-state index is 12.0. The van der Waals surface area contributed by atoms with Gasteiger partial charge in [0, 0.05) is 33.9 Å². The van der Waals surface area contributed by atoms with E-state index in [0.717, 1.165) is 34.5 Å². The lowest BCUT2D eigenvalue weighted by atomic mass is 10.1. The Morgan fingerprint density at radius 1 is 0.963 bits per heavy atom. The summed E-state index contributed by atoms with van der Waals surface area (Å²) in [5.74, 6) is 0.0135. The molecular formula is C23H18N2OS. The van der Waals surface area contributed by atoms with Crippen molar-refractivity contribution in [1.82, 2.24) is 10.3 Å². The fourth-order valence-corrected chi connectivity index (χ4v) is 4.49. The van der Waals surface area contributed by atoms with E-state index in [1.807, 2.05) is 6.07 Å². The number of H-pyrrole nitrogens is 1. The number of nitrogens with one attached hydrogen (secondary N) is 2. The van der Waals surface area contributed by atoms with Crippen LogP contribution in [0.15, 0.2) is 60.7 Å². The second-order valence-electron chi connectivity index (χ2n) is 6.73. The maximum Gasteiger partial charge on any atom is 0.253 e. The highest BCUT2D eigenvalue weighted by atomic mass is 32.1. The number of benzene rings is 2. The van der Waals surface area contributed by atoms with Crippen LogP contribution in [0.2, 0.25) is 0 Å². The van der Waals surface area contributed by atoms with Gasteiger partial charge in [0.2, 0.25) is 0 Å². The van der Waals surface area contributed by atoms with Crippen LogP contribution < -0.4 is 5.32 Å². The van der Waals surface area contributed by atoms with Gasteiger partial charge in [-0.15, -0.1) is 11.3 Å². The molecule has 0 fully saturated rings. The summed E-state index contributed by atoms with van der Waals surface area (Å²) in [6.45, 7) is 0.698. The van der Waals surface area contributed by atoms with Crippen LogP contribution >= 0.6 is 11.3 Å². The Morgan fingerprint density at radius 2 is 1.89 bits per heavy atom. The zero-order valence-corrected chi connectivity index (χ0v) is 15.5. The van der Waals surface area contributed by atoms with E-state index in [1.54, 1.807) is 11.3 Å². The topological polar surface area (TPSA) is 44.9 Å². The molecule has 1 amide bonds. The normalized spacial score (nSPS) is 13.9. The Hall–Kier alpha value is -3.11. The van der Waals surface area contributed by atoms with Gasteiger partial charge in [-0.25, -0.2) is 0 Å². The monoisotopic (exact) mass is 370 g/mol. The first-order valence-corrected chi connectivity index (χ1v) is 9.85. The molecule has 2 aromatic heterocycles. The van der Waals surface area contributed by atoms with E-state index in [2.05, 4.69) is 77.1 Å². The average molecular weight is 370 g/mol. The van der Waals surface area contributed by atoms with Crippen molar-refractivity contribution in [3.8, 4) is 11.3 Å². The number of amides is 1. The van der Waals surface area contributed by atoms with Crippen molar-refractivity contribution < 1.29 is 4.79 Å². The van der Waals surface area contributed by atoms with E-state index < -0.39 is 0 Å². The molecule has 27 heavy (non-hydrogen) atoms. The highest BCUT2D eigenvalue weighted by molar-refractivity contribution is 7.19. The van der Waals surface area contributed by atoms with Gasteiger partial charge in [0.15, 0.2) is 0 Å². The summed E-state index contributed by atoms with van der Waals surface area (Å²) in [5.41, 5.74) is 5.02. The van der Waals surface area contributed by atoms with Crippen LogP contribution in [0.1, 0.15) is 26.5 Å². The zero-order valence-electron chi connectivity index (χ0n) is 14.7. The fraction of sp³-hybridized carbons (Fsp3) is 0.0870. The van der Waals surface area contributed by atoms with E-state index >= 15 is 0 Å². The second kappa shape index (κ2) is 6.56. The third kappa shape index (κ3) is 3.09. The number of carbonyl (C=O) groups excluding carboxylic acids is 1. The minimum Gasteiger partial charge on any atom is -0.358 e. The summed E-state index contributed by atoms with van der Waals surface area (Å²) >= 11 is 1.80. The summed E-state index contributed by atoms with van der Waals surface area (Å²) in [5, 5.41) is 4.18. The Bertz CT molecular complexity index is 1150. The lowest BCUT2D eigenvalue weighted by molar-refractivity contribution is 0.0946. The molecule has 3 nitrogen and oxygen atoms in total. The van der Waals surface area contributed by atoms with Crippen molar-refractivity contribution in [1.29, 1.82) is 0 Å². The molecule has 3 heterocycles.